The number of hydrogen-bond donors (Lipinski definition) is 1. The molecule has 1 N–H and O–H groups in total. The van der Waals surface area contributed by atoms with Gasteiger partial charge >= 0.3 is 0 Å². The zero-order valence-corrected chi connectivity index (χ0v) is 7.35. The molecule has 2 nitrogen and oxygen atoms in total. The maximum Gasteiger partial charge on any atom is 0.0925 e. The van der Waals surface area contributed by atoms with Crippen molar-refractivity contribution in [2.24, 2.45) is 0 Å². The molecule has 1 rings (SSSR count). The summed E-state index contributed by atoms with van der Waals surface area (Å²) in [6.07, 6.45) is 6.76. The molecule has 0 aliphatic heterocycles. The number of H-pyrrole nitrogens is 1. The lowest BCUT2D eigenvalue weighted by atomic mass is 10.1. The lowest BCUT2D eigenvalue weighted by Crippen LogP contribution is -1.88. The van der Waals surface area contributed by atoms with Crippen LogP contribution in [0.25, 0.3) is 0 Å². The van der Waals surface area contributed by atoms with Crippen LogP contribution in [0.5, 0.6) is 0 Å². The van der Waals surface area contributed by atoms with Crippen molar-refractivity contribution in [3.63, 3.8) is 0 Å². The smallest absolute Gasteiger partial charge is 0.0925 e. The molecule has 1 aromatic heterocycles. The molecule has 0 spiro atoms. The topological polar surface area (TPSA) is 28.7 Å². The van der Waals surface area contributed by atoms with Gasteiger partial charge in [0.2, 0.25) is 0 Å². The molecule has 62 valence electrons. The first-order chi connectivity index (χ1) is 5.34. The predicted octanol–water partition coefficient (Wildman–Crippen LogP) is 2.45. The summed E-state index contributed by atoms with van der Waals surface area (Å²) < 4.78 is 0. The van der Waals surface area contributed by atoms with Crippen molar-refractivity contribution in [1.82, 2.24) is 9.97 Å². The van der Waals surface area contributed by atoms with E-state index in [4.69, 9.17) is 0 Å². The van der Waals surface area contributed by atoms with Crippen LogP contribution in [0.15, 0.2) is 6.33 Å². The second-order valence-corrected chi connectivity index (χ2v) is 2.93. The summed E-state index contributed by atoms with van der Waals surface area (Å²) in [5.74, 6) is 0. The van der Waals surface area contributed by atoms with E-state index in [0.717, 1.165) is 6.42 Å². The summed E-state index contributed by atoms with van der Waals surface area (Å²) in [6, 6.07) is 0. The average molecular weight is 152 g/mol. The summed E-state index contributed by atoms with van der Waals surface area (Å²) >= 11 is 0. The van der Waals surface area contributed by atoms with Crippen molar-refractivity contribution < 1.29 is 0 Å². The minimum Gasteiger partial charge on any atom is -0.348 e. The first kappa shape index (κ1) is 8.31. The average Bonchev–Trinajstić information content (AvgIpc) is 2.37. The molecule has 0 atom stereocenters. The van der Waals surface area contributed by atoms with Crippen LogP contribution < -0.4 is 0 Å². The van der Waals surface area contributed by atoms with Gasteiger partial charge in [-0.3, -0.25) is 0 Å². The van der Waals surface area contributed by atoms with E-state index in [2.05, 4.69) is 23.8 Å². The normalized spacial score (nSPS) is 10.4. The number of nitrogens with zero attached hydrogens (tertiary/aromatic N) is 1. The van der Waals surface area contributed by atoms with Gasteiger partial charge in [0, 0.05) is 5.69 Å². The van der Waals surface area contributed by atoms with Crippen molar-refractivity contribution in [3.05, 3.63) is 17.7 Å². The third-order valence-electron chi connectivity index (χ3n) is 1.95. The highest BCUT2D eigenvalue weighted by Crippen LogP contribution is 2.06. The van der Waals surface area contributed by atoms with Gasteiger partial charge in [-0.05, 0) is 19.8 Å². The van der Waals surface area contributed by atoms with Crippen LogP contribution in [0.4, 0.5) is 0 Å². The molecule has 1 heterocycles. The Morgan fingerprint density at radius 1 is 1.45 bits per heavy atom. The van der Waals surface area contributed by atoms with Crippen LogP contribution in [-0.4, -0.2) is 9.97 Å². The molecule has 11 heavy (non-hydrogen) atoms. The van der Waals surface area contributed by atoms with E-state index in [9.17, 15) is 0 Å². The lowest BCUT2D eigenvalue weighted by molar-refractivity contribution is 0.707. The van der Waals surface area contributed by atoms with E-state index in [1.807, 2.05) is 0 Å². The summed E-state index contributed by atoms with van der Waals surface area (Å²) in [5, 5.41) is 0. The van der Waals surface area contributed by atoms with E-state index in [0.29, 0.717) is 0 Å². The molecule has 0 unspecified atom stereocenters. The van der Waals surface area contributed by atoms with Gasteiger partial charge in [-0.2, -0.15) is 0 Å². The fraction of sp³-hybridized carbons (Fsp3) is 0.667. The number of aromatic amines is 1. The van der Waals surface area contributed by atoms with Crippen molar-refractivity contribution in [2.45, 2.75) is 39.5 Å². The SMILES string of the molecule is CCCCCc1nc[nH]c1C. The molecule has 2 heteroatoms. The first-order valence-electron chi connectivity index (χ1n) is 4.33. The number of rotatable bonds is 4. The largest absolute Gasteiger partial charge is 0.348 e. The second kappa shape index (κ2) is 4.16. The molecule has 0 aliphatic carbocycles. The van der Waals surface area contributed by atoms with Gasteiger partial charge in [0.15, 0.2) is 0 Å². The Morgan fingerprint density at radius 2 is 2.27 bits per heavy atom. The minimum absolute atomic E-state index is 1.13. The monoisotopic (exact) mass is 152 g/mol. The zero-order valence-electron chi connectivity index (χ0n) is 7.35. The molecule has 0 amide bonds. The van der Waals surface area contributed by atoms with Gasteiger partial charge in [-0.25, -0.2) is 4.98 Å². The van der Waals surface area contributed by atoms with Gasteiger partial charge in [0.05, 0.1) is 12.0 Å². The third kappa shape index (κ3) is 2.37. The highest BCUT2D eigenvalue weighted by atomic mass is 14.9. The summed E-state index contributed by atoms with van der Waals surface area (Å²) in [6.45, 7) is 4.30. The highest BCUT2D eigenvalue weighted by Gasteiger charge is 1.98. The maximum atomic E-state index is 4.23. The zero-order chi connectivity index (χ0) is 8.10. The number of unbranched alkanes of at least 4 members (excludes halogenated alkanes) is 2. The quantitative estimate of drug-likeness (QED) is 0.659. The fourth-order valence-corrected chi connectivity index (χ4v) is 1.18. The number of imidazole rings is 1. The first-order valence-corrected chi connectivity index (χ1v) is 4.33. The Bertz CT molecular complexity index is 203. The number of nitrogens with one attached hydrogen (secondary N) is 1. The molecule has 0 fully saturated rings. The van der Waals surface area contributed by atoms with Crippen molar-refractivity contribution >= 4 is 0 Å². The van der Waals surface area contributed by atoms with Crippen LogP contribution in [-0.2, 0) is 6.42 Å². The van der Waals surface area contributed by atoms with Crippen LogP contribution in [0, 0.1) is 6.92 Å². The van der Waals surface area contributed by atoms with Gasteiger partial charge in [-0.1, -0.05) is 19.8 Å². The van der Waals surface area contributed by atoms with Crippen molar-refractivity contribution in [3.8, 4) is 0 Å². The number of aryl methyl sites for hydroxylation is 2. The predicted molar refractivity (Wildman–Crippen MR) is 46.6 cm³/mol. The van der Waals surface area contributed by atoms with Crippen LogP contribution in [0.1, 0.15) is 37.6 Å². The van der Waals surface area contributed by atoms with E-state index < -0.39 is 0 Å². The van der Waals surface area contributed by atoms with Gasteiger partial charge < -0.3 is 4.98 Å². The molecule has 0 aromatic carbocycles. The van der Waals surface area contributed by atoms with E-state index in [-0.39, 0.29) is 0 Å². The van der Waals surface area contributed by atoms with Crippen LogP contribution in [0.2, 0.25) is 0 Å². The Labute approximate surface area is 68.0 Å². The Balaban J connectivity index is 2.32. The van der Waals surface area contributed by atoms with Crippen LogP contribution in [0.3, 0.4) is 0 Å². The van der Waals surface area contributed by atoms with Crippen LogP contribution >= 0.6 is 0 Å². The number of hydrogen-bond acceptors (Lipinski definition) is 1. The molecule has 0 bridgehead atoms. The minimum atomic E-state index is 1.13. The Hall–Kier alpha value is -0.790. The number of aromatic nitrogens is 2. The lowest BCUT2D eigenvalue weighted by Gasteiger charge is -1.96. The van der Waals surface area contributed by atoms with E-state index >= 15 is 0 Å². The molecule has 0 saturated heterocycles. The molecule has 0 radical (unpaired) electrons. The van der Waals surface area contributed by atoms with Gasteiger partial charge in [0.25, 0.3) is 0 Å². The van der Waals surface area contributed by atoms with Crippen molar-refractivity contribution in [2.75, 3.05) is 0 Å². The molecule has 0 saturated carbocycles. The third-order valence-corrected chi connectivity index (χ3v) is 1.95. The Morgan fingerprint density at radius 3 is 2.82 bits per heavy atom. The maximum absolute atomic E-state index is 4.23. The molecular formula is C9H16N2. The summed E-state index contributed by atoms with van der Waals surface area (Å²) in [4.78, 5) is 7.32. The molecule has 0 aliphatic rings. The van der Waals surface area contributed by atoms with E-state index in [1.165, 1.54) is 30.7 Å². The molecule has 1 aromatic rings. The standard InChI is InChI=1S/C9H16N2/c1-3-4-5-6-9-8(2)10-7-11-9/h7H,3-6H2,1-2H3,(H,10,11). The van der Waals surface area contributed by atoms with E-state index in [1.54, 1.807) is 6.33 Å². The molecular weight excluding hydrogens is 136 g/mol. The summed E-state index contributed by atoms with van der Waals surface area (Å²) in [7, 11) is 0. The Kier molecular flexibility index (Phi) is 3.14. The van der Waals surface area contributed by atoms with Gasteiger partial charge in [-0.15, -0.1) is 0 Å². The van der Waals surface area contributed by atoms with Crippen molar-refractivity contribution in [1.29, 1.82) is 0 Å². The second-order valence-electron chi connectivity index (χ2n) is 2.93. The fourth-order valence-electron chi connectivity index (χ4n) is 1.18. The highest BCUT2D eigenvalue weighted by molar-refractivity contribution is 5.08. The van der Waals surface area contributed by atoms with Gasteiger partial charge in [0.1, 0.15) is 0 Å². The summed E-state index contributed by atoms with van der Waals surface area (Å²) in [5.41, 5.74) is 2.46.